The van der Waals surface area contributed by atoms with E-state index < -0.39 is 5.91 Å². The van der Waals surface area contributed by atoms with Gasteiger partial charge in [-0.1, -0.05) is 42.1 Å². The monoisotopic (exact) mass is 362 g/mol. The van der Waals surface area contributed by atoms with Crippen LogP contribution in [0.25, 0.3) is 0 Å². The van der Waals surface area contributed by atoms with Gasteiger partial charge in [0, 0.05) is 19.5 Å². The van der Waals surface area contributed by atoms with Gasteiger partial charge in [-0.25, -0.2) is 4.68 Å². The maximum atomic E-state index is 12.6. The average Bonchev–Trinajstić information content (AvgIpc) is 3.06. The van der Waals surface area contributed by atoms with Crippen molar-refractivity contribution in [3.8, 4) is 0 Å². The molecule has 0 unspecified atom stereocenters. The van der Waals surface area contributed by atoms with Crippen molar-refractivity contribution >= 4 is 23.6 Å². The van der Waals surface area contributed by atoms with E-state index in [0.717, 1.165) is 5.56 Å². The first-order valence-corrected chi connectivity index (χ1v) is 8.96. The molecule has 0 atom stereocenters. The Morgan fingerprint density at radius 1 is 1.28 bits per heavy atom. The Morgan fingerprint density at radius 3 is 2.64 bits per heavy atom. The highest BCUT2D eigenvalue weighted by atomic mass is 32.2. The third-order valence-electron chi connectivity index (χ3n) is 3.47. The number of thioether (sulfide) groups is 1. The predicted molar refractivity (Wildman–Crippen MR) is 94.6 cm³/mol. The number of carbonyl (C=O) groups excluding carboxylic acids is 2. The van der Waals surface area contributed by atoms with E-state index in [1.807, 2.05) is 44.2 Å². The molecule has 134 valence electrons. The van der Waals surface area contributed by atoms with Crippen molar-refractivity contribution < 1.29 is 9.59 Å². The van der Waals surface area contributed by atoms with Gasteiger partial charge in [0.05, 0.1) is 11.8 Å². The number of hydrogen-bond donors (Lipinski definition) is 1. The Morgan fingerprint density at radius 2 is 2.00 bits per heavy atom. The lowest BCUT2D eigenvalue weighted by Crippen LogP contribution is -2.34. The van der Waals surface area contributed by atoms with E-state index in [0.29, 0.717) is 18.2 Å². The fourth-order valence-corrected chi connectivity index (χ4v) is 3.07. The second kappa shape index (κ2) is 9.16. The Bertz CT molecular complexity index is 704. The second-order valence-corrected chi connectivity index (χ2v) is 6.75. The van der Waals surface area contributed by atoms with Gasteiger partial charge in [-0.3, -0.25) is 9.59 Å². The minimum atomic E-state index is -0.428. The Balaban J connectivity index is 2.01. The van der Waals surface area contributed by atoms with Gasteiger partial charge >= 0.3 is 0 Å². The molecule has 0 spiro atoms. The molecule has 2 aromatic rings. The molecule has 0 aliphatic carbocycles. The highest BCUT2D eigenvalue weighted by Crippen LogP contribution is 2.18. The Labute approximate surface area is 150 Å². The third kappa shape index (κ3) is 5.86. The minimum Gasteiger partial charge on any atom is -0.370 e. The van der Waals surface area contributed by atoms with Crippen LogP contribution < -0.4 is 5.73 Å². The van der Waals surface area contributed by atoms with E-state index >= 15 is 0 Å². The maximum Gasteiger partial charge on any atom is 0.233 e. The topological polar surface area (TPSA) is 107 Å². The summed E-state index contributed by atoms with van der Waals surface area (Å²) in [6.07, 6.45) is 0.132. The zero-order valence-electron chi connectivity index (χ0n) is 14.3. The number of tetrazole rings is 1. The molecule has 1 aromatic heterocycles. The van der Waals surface area contributed by atoms with Crippen molar-refractivity contribution in [1.29, 1.82) is 0 Å². The lowest BCUT2D eigenvalue weighted by Gasteiger charge is -2.22. The van der Waals surface area contributed by atoms with Gasteiger partial charge in [-0.05, 0) is 29.8 Å². The first-order valence-electron chi connectivity index (χ1n) is 7.98. The smallest absolute Gasteiger partial charge is 0.233 e. The minimum absolute atomic E-state index is 0.0894. The average molecular weight is 362 g/mol. The highest BCUT2D eigenvalue weighted by molar-refractivity contribution is 7.99. The van der Waals surface area contributed by atoms with Crippen LogP contribution in [0.15, 0.2) is 35.5 Å². The summed E-state index contributed by atoms with van der Waals surface area (Å²) >= 11 is 1.28. The first-order chi connectivity index (χ1) is 12.0. The number of aromatic nitrogens is 4. The molecule has 0 bridgehead atoms. The summed E-state index contributed by atoms with van der Waals surface area (Å²) in [6.45, 7) is 4.66. The van der Waals surface area contributed by atoms with Crippen LogP contribution in [0, 0.1) is 0 Å². The SMILES string of the molecule is CC(C)n1nnnc1SCC(=O)N(CCC(N)=O)Cc1ccccc1. The van der Waals surface area contributed by atoms with E-state index in [9.17, 15) is 9.59 Å². The van der Waals surface area contributed by atoms with Crippen LogP contribution in [0.2, 0.25) is 0 Å². The molecule has 1 aromatic carbocycles. The largest absolute Gasteiger partial charge is 0.370 e. The zero-order valence-corrected chi connectivity index (χ0v) is 15.1. The standard InChI is InChI=1S/C16H22N6O2S/c1-12(2)22-16(18-19-20-22)25-11-15(24)21(9-8-14(17)23)10-13-6-4-3-5-7-13/h3-7,12H,8-11H2,1-2H3,(H2,17,23). The lowest BCUT2D eigenvalue weighted by atomic mass is 10.2. The van der Waals surface area contributed by atoms with Gasteiger partial charge in [0.15, 0.2) is 0 Å². The maximum absolute atomic E-state index is 12.6. The fraction of sp³-hybridized carbons (Fsp3) is 0.438. The molecule has 0 aliphatic rings. The molecule has 0 saturated heterocycles. The highest BCUT2D eigenvalue weighted by Gasteiger charge is 2.18. The van der Waals surface area contributed by atoms with Crippen molar-refractivity contribution in [2.24, 2.45) is 5.73 Å². The molecule has 1 heterocycles. The molecule has 2 rings (SSSR count). The molecule has 25 heavy (non-hydrogen) atoms. The van der Waals surface area contributed by atoms with E-state index in [4.69, 9.17) is 5.73 Å². The molecule has 9 heteroatoms. The Hall–Kier alpha value is -2.42. The van der Waals surface area contributed by atoms with Gasteiger partial charge in [-0.15, -0.1) is 5.10 Å². The summed E-state index contributed by atoms with van der Waals surface area (Å²) in [7, 11) is 0. The van der Waals surface area contributed by atoms with Gasteiger partial charge in [0.1, 0.15) is 0 Å². The van der Waals surface area contributed by atoms with Crippen LogP contribution >= 0.6 is 11.8 Å². The second-order valence-electron chi connectivity index (χ2n) is 5.81. The van der Waals surface area contributed by atoms with Crippen LogP contribution in [-0.4, -0.2) is 49.2 Å². The number of benzene rings is 1. The molecule has 8 nitrogen and oxygen atoms in total. The van der Waals surface area contributed by atoms with Crippen molar-refractivity contribution in [3.63, 3.8) is 0 Å². The van der Waals surface area contributed by atoms with Gasteiger partial charge < -0.3 is 10.6 Å². The number of carbonyl (C=O) groups is 2. The van der Waals surface area contributed by atoms with Gasteiger partial charge in [-0.2, -0.15) is 0 Å². The number of rotatable bonds is 9. The molecule has 2 N–H and O–H groups in total. The summed E-state index contributed by atoms with van der Waals surface area (Å²) in [4.78, 5) is 25.3. The van der Waals surface area contributed by atoms with Crippen molar-refractivity contribution in [2.75, 3.05) is 12.3 Å². The zero-order chi connectivity index (χ0) is 18.2. The lowest BCUT2D eigenvalue weighted by molar-refractivity contribution is -0.129. The van der Waals surface area contributed by atoms with Gasteiger partial charge in [0.25, 0.3) is 0 Å². The number of amides is 2. The normalized spacial score (nSPS) is 10.8. The van der Waals surface area contributed by atoms with E-state index in [2.05, 4.69) is 15.5 Å². The predicted octanol–water partition coefficient (Wildman–Crippen LogP) is 1.25. The van der Waals surface area contributed by atoms with Crippen molar-refractivity contribution in [1.82, 2.24) is 25.1 Å². The summed E-state index contributed by atoms with van der Waals surface area (Å²) < 4.78 is 1.67. The molecular formula is C16H22N6O2S. The van der Waals surface area contributed by atoms with Crippen LogP contribution in [0.3, 0.4) is 0 Å². The summed E-state index contributed by atoms with van der Waals surface area (Å²) in [5.41, 5.74) is 6.22. The first kappa shape index (κ1) is 18.9. The molecule has 2 amide bonds. The van der Waals surface area contributed by atoms with Crippen LogP contribution in [0.4, 0.5) is 0 Å². The van der Waals surface area contributed by atoms with E-state index in [1.165, 1.54) is 11.8 Å². The van der Waals surface area contributed by atoms with Crippen LogP contribution in [-0.2, 0) is 16.1 Å². The van der Waals surface area contributed by atoms with Crippen molar-refractivity contribution in [3.05, 3.63) is 35.9 Å². The number of nitrogens with zero attached hydrogens (tertiary/aromatic N) is 5. The molecule has 0 aliphatic heterocycles. The molecule has 0 fully saturated rings. The summed E-state index contributed by atoms with van der Waals surface area (Å²) in [5.74, 6) is -0.325. The van der Waals surface area contributed by atoms with Crippen LogP contribution in [0.5, 0.6) is 0 Å². The number of nitrogens with two attached hydrogens (primary N) is 1. The fourth-order valence-electron chi connectivity index (χ4n) is 2.16. The van der Waals surface area contributed by atoms with Gasteiger partial charge in [0.2, 0.25) is 17.0 Å². The Kier molecular flexibility index (Phi) is 6.93. The summed E-state index contributed by atoms with van der Waals surface area (Å²) in [6, 6.07) is 9.74. The van der Waals surface area contributed by atoms with E-state index in [-0.39, 0.29) is 24.1 Å². The number of hydrogen-bond acceptors (Lipinski definition) is 6. The molecule has 0 saturated carbocycles. The summed E-state index contributed by atoms with van der Waals surface area (Å²) in [5, 5.41) is 12.1. The third-order valence-corrected chi connectivity index (χ3v) is 4.39. The quantitative estimate of drug-likeness (QED) is 0.673. The van der Waals surface area contributed by atoms with E-state index in [1.54, 1.807) is 9.58 Å². The number of primary amides is 1. The molecule has 0 radical (unpaired) electrons. The van der Waals surface area contributed by atoms with Crippen LogP contribution in [0.1, 0.15) is 31.9 Å². The van der Waals surface area contributed by atoms with Crippen molar-refractivity contribution in [2.45, 2.75) is 38.0 Å². The molecular weight excluding hydrogens is 340 g/mol.